The lowest BCUT2D eigenvalue weighted by molar-refractivity contribution is 0.501. The predicted octanol–water partition coefficient (Wildman–Crippen LogP) is 4.76. The zero-order chi connectivity index (χ0) is 19.0. The maximum Gasteiger partial charge on any atom is 0.213 e. The van der Waals surface area contributed by atoms with Gasteiger partial charge in [-0.05, 0) is 65.4 Å². The first kappa shape index (κ1) is 16.8. The lowest BCUT2D eigenvalue weighted by Crippen LogP contribution is -2.32. The van der Waals surface area contributed by atoms with Crippen molar-refractivity contribution in [2.75, 3.05) is 0 Å². The summed E-state index contributed by atoms with van der Waals surface area (Å²) in [7, 11) is 0. The van der Waals surface area contributed by atoms with Gasteiger partial charge in [0.05, 0.1) is 5.69 Å². The summed E-state index contributed by atoms with van der Waals surface area (Å²) >= 11 is 0. The van der Waals surface area contributed by atoms with E-state index >= 15 is 0 Å². The van der Waals surface area contributed by atoms with Gasteiger partial charge in [0.25, 0.3) is 0 Å². The Morgan fingerprint density at radius 2 is 1.46 bits per heavy atom. The van der Waals surface area contributed by atoms with Crippen LogP contribution in [0.3, 0.4) is 0 Å². The minimum atomic E-state index is -0.455. The molecule has 0 radical (unpaired) electrons. The van der Waals surface area contributed by atoms with Crippen LogP contribution in [-0.4, -0.2) is 15.0 Å². The lowest BCUT2D eigenvalue weighted by Gasteiger charge is -2.31. The minimum Gasteiger partial charge on any atom is -0.265 e. The summed E-state index contributed by atoms with van der Waals surface area (Å²) in [5, 5.41) is 0. The number of benzene rings is 1. The van der Waals surface area contributed by atoms with Gasteiger partial charge in [-0.1, -0.05) is 30.3 Å². The fourth-order valence-electron chi connectivity index (χ4n) is 4.44. The van der Waals surface area contributed by atoms with Crippen LogP contribution >= 0.6 is 0 Å². The van der Waals surface area contributed by atoms with Crippen molar-refractivity contribution < 1.29 is 4.39 Å². The van der Waals surface area contributed by atoms with Crippen molar-refractivity contribution >= 4 is 0 Å². The van der Waals surface area contributed by atoms with Crippen molar-refractivity contribution in [1.82, 2.24) is 15.0 Å². The van der Waals surface area contributed by atoms with Gasteiger partial charge in [0.15, 0.2) is 0 Å². The van der Waals surface area contributed by atoms with E-state index in [1.807, 2.05) is 42.9 Å². The van der Waals surface area contributed by atoms with E-state index in [1.165, 1.54) is 29.0 Å². The molecule has 4 aromatic rings. The van der Waals surface area contributed by atoms with Gasteiger partial charge in [-0.15, -0.1) is 0 Å². The lowest BCUT2D eigenvalue weighted by atomic mass is 9.71. The third-order valence-corrected chi connectivity index (χ3v) is 5.55. The quantitative estimate of drug-likeness (QED) is 0.488. The van der Waals surface area contributed by atoms with Crippen LogP contribution in [0.1, 0.15) is 22.4 Å². The third-order valence-electron chi connectivity index (χ3n) is 5.55. The second kappa shape index (κ2) is 6.64. The number of hydrogen-bond donors (Lipinski definition) is 0. The zero-order valence-corrected chi connectivity index (χ0v) is 15.2. The van der Waals surface area contributed by atoms with Crippen LogP contribution in [0.5, 0.6) is 0 Å². The second-order valence-electron chi connectivity index (χ2n) is 7.22. The SMILES string of the molecule is Fc1cc(CC2(Cc3ccncc3)c3ccccc3-c3cccnc32)ccn1. The van der Waals surface area contributed by atoms with Crippen molar-refractivity contribution in [2.45, 2.75) is 18.3 Å². The molecule has 0 spiro atoms. The number of nitrogens with zero attached hydrogens (tertiary/aromatic N) is 3. The van der Waals surface area contributed by atoms with Gasteiger partial charge in [0.2, 0.25) is 5.95 Å². The van der Waals surface area contributed by atoms with Gasteiger partial charge in [0, 0.05) is 35.8 Å². The number of halogens is 1. The normalized spacial score (nSPS) is 17.2. The van der Waals surface area contributed by atoms with Crippen molar-refractivity contribution in [2.24, 2.45) is 0 Å². The minimum absolute atomic E-state index is 0.373. The van der Waals surface area contributed by atoms with Crippen LogP contribution in [0.25, 0.3) is 11.1 Å². The highest BCUT2D eigenvalue weighted by Gasteiger charge is 2.44. The smallest absolute Gasteiger partial charge is 0.213 e. The largest absolute Gasteiger partial charge is 0.265 e. The molecule has 4 heteroatoms. The molecule has 28 heavy (non-hydrogen) atoms. The molecule has 0 fully saturated rings. The first-order valence-corrected chi connectivity index (χ1v) is 9.31. The molecule has 0 saturated carbocycles. The van der Waals surface area contributed by atoms with Gasteiger partial charge in [-0.3, -0.25) is 9.97 Å². The Bertz CT molecular complexity index is 1100. The maximum atomic E-state index is 13.8. The van der Waals surface area contributed by atoms with Crippen molar-refractivity contribution in [3.05, 3.63) is 114 Å². The van der Waals surface area contributed by atoms with Crippen molar-refractivity contribution in [3.63, 3.8) is 0 Å². The van der Waals surface area contributed by atoms with Gasteiger partial charge in [-0.2, -0.15) is 4.39 Å². The number of pyridine rings is 3. The van der Waals surface area contributed by atoms with Crippen LogP contribution in [0.4, 0.5) is 4.39 Å². The van der Waals surface area contributed by atoms with E-state index in [0.29, 0.717) is 6.42 Å². The molecule has 3 nitrogen and oxygen atoms in total. The Hall–Kier alpha value is -3.40. The third kappa shape index (κ3) is 2.69. The number of hydrogen-bond acceptors (Lipinski definition) is 3. The Kier molecular flexibility index (Phi) is 3.97. The monoisotopic (exact) mass is 367 g/mol. The topological polar surface area (TPSA) is 38.7 Å². The number of fused-ring (bicyclic) bond motifs is 3. The van der Waals surface area contributed by atoms with E-state index in [4.69, 9.17) is 4.98 Å². The molecule has 0 bridgehead atoms. The predicted molar refractivity (Wildman–Crippen MR) is 106 cm³/mol. The molecule has 0 N–H and O–H groups in total. The van der Waals surface area contributed by atoms with E-state index in [-0.39, 0.29) is 5.41 Å². The molecular formula is C24H18FN3. The summed E-state index contributed by atoms with van der Waals surface area (Å²) in [5.41, 5.74) is 6.36. The summed E-state index contributed by atoms with van der Waals surface area (Å²) < 4.78 is 13.8. The summed E-state index contributed by atoms with van der Waals surface area (Å²) in [4.78, 5) is 12.7. The average Bonchev–Trinajstić information content (AvgIpc) is 2.99. The van der Waals surface area contributed by atoms with Gasteiger partial charge in [-0.25, -0.2) is 4.98 Å². The molecular weight excluding hydrogens is 349 g/mol. The van der Waals surface area contributed by atoms with Crippen LogP contribution in [0.2, 0.25) is 0 Å². The van der Waals surface area contributed by atoms with Crippen LogP contribution in [0, 0.1) is 5.95 Å². The highest BCUT2D eigenvalue weighted by molar-refractivity contribution is 5.80. The van der Waals surface area contributed by atoms with Gasteiger partial charge in [0.1, 0.15) is 0 Å². The van der Waals surface area contributed by atoms with Gasteiger partial charge < -0.3 is 0 Å². The Morgan fingerprint density at radius 3 is 2.32 bits per heavy atom. The van der Waals surface area contributed by atoms with E-state index in [1.54, 1.807) is 0 Å². The zero-order valence-electron chi connectivity index (χ0n) is 15.2. The molecule has 1 aromatic carbocycles. The fourth-order valence-corrected chi connectivity index (χ4v) is 4.44. The second-order valence-corrected chi connectivity index (χ2v) is 7.22. The van der Waals surface area contributed by atoms with Crippen molar-refractivity contribution in [1.29, 1.82) is 0 Å². The highest BCUT2D eigenvalue weighted by atomic mass is 19.1. The molecule has 1 aliphatic rings. The molecule has 1 aliphatic carbocycles. The Balaban J connectivity index is 1.74. The highest BCUT2D eigenvalue weighted by Crippen LogP contribution is 2.51. The standard InChI is InChI=1S/C24H18FN3/c25-22-14-18(9-13-27-22)16-24(15-17-7-11-26-12-8-17)21-6-2-1-4-19(21)20-5-3-10-28-23(20)24/h1-14H,15-16H2. The first-order valence-electron chi connectivity index (χ1n) is 9.31. The van der Waals surface area contributed by atoms with Crippen LogP contribution < -0.4 is 0 Å². The first-order chi connectivity index (χ1) is 13.8. The molecule has 3 aromatic heterocycles. The number of rotatable bonds is 4. The van der Waals surface area contributed by atoms with Crippen LogP contribution in [-0.2, 0) is 18.3 Å². The maximum absolute atomic E-state index is 13.8. The van der Waals surface area contributed by atoms with Crippen LogP contribution in [0.15, 0.2) is 85.5 Å². The summed E-state index contributed by atoms with van der Waals surface area (Å²) in [6.45, 7) is 0. The fraction of sp³-hybridized carbons (Fsp3) is 0.125. The molecule has 0 amide bonds. The molecule has 136 valence electrons. The molecule has 1 unspecified atom stereocenters. The Morgan fingerprint density at radius 1 is 0.714 bits per heavy atom. The van der Waals surface area contributed by atoms with E-state index < -0.39 is 5.95 Å². The summed E-state index contributed by atoms with van der Waals surface area (Å²) in [6.07, 6.45) is 8.42. The molecule has 5 rings (SSSR count). The summed E-state index contributed by atoms with van der Waals surface area (Å²) in [5.74, 6) is -0.455. The van der Waals surface area contributed by atoms with E-state index in [2.05, 4.69) is 40.3 Å². The van der Waals surface area contributed by atoms with E-state index in [0.717, 1.165) is 23.2 Å². The van der Waals surface area contributed by atoms with Gasteiger partial charge >= 0.3 is 0 Å². The summed E-state index contributed by atoms with van der Waals surface area (Å²) in [6, 6.07) is 20.1. The average molecular weight is 367 g/mol. The molecule has 0 saturated heterocycles. The van der Waals surface area contributed by atoms with E-state index in [9.17, 15) is 4.39 Å². The molecule has 1 atom stereocenters. The molecule has 3 heterocycles. The molecule has 0 aliphatic heterocycles. The van der Waals surface area contributed by atoms with Crippen molar-refractivity contribution in [3.8, 4) is 11.1 Å². The Labute approximate surface area is 163 Å². The number of aromatic nitrogens is 3.